The molecule has 0 saturated heterocycles. The standard InChI is InChI=1S/C13H13N5/c1-10-2-3-11(8-14)13(16-10)18-7-6-17-5-4-15-12(17)9-18/h2-5H,6-7,9H2,1H3. The predicted molar refractivity (Wildman–Crippen MR) is 67.0 cm³/mol. The summed E-state index contributed by atoms with van der Waals surface area (Å²) < 4.78 is 2.14. The average molecular weight is 239 g/mol. The van der Waals surface area contributed by atoms with Crippen molar-refractivity contribution in [1.82, 2.24) is 14.5 Å². The van der Waals surface area contributed by atoms with Gasteiger partial charge in [0, 0.05) is 31.2 Å². The van der Waals surface area contributed by atoms with Gasteiger partial charge in [-0.25, -0.2) is 9.97 Å². The highest BCUT2D eigenvalue weighted by atomic mass is 15.3. The van der Waals surface area contributed by atoms with Crippen molar-refractivity contribution in [3.63, 3.8) is 0 Å². The molecule has 0 spiro atoms. The predicted octanol–water partition coefficient (Wildman–Crippen LogP) is 1.48. The first-order valence-corrected chi connectivity index (χ1v) is 5.90. The number of anilines is 1. The third-order valence-corrected chi connectivity index (χ3v) is 3.18. The molecule has 0 bridgehead atoms. The van der Waals surface area contributed by atoms with Crippen LogP contribution in [0.2, 0.25) is 0 Å². The zero-order valence-corrected chi connectivity index (χ0v) is 10.2. The Morgan fingerprint density at radius 1 is 1.33 bits per heavy atom. The topological polar surface area (TPSA) is 57.7 Å². The zero-order valence-electron chi connectivity index (χ0n) is 10.2. The third kappa shape index (κ3) is 1.72. The molecule has 1 aliphatic rings. The van der Waals surface area contributed by atoms with Crippen LogP contribution in [0.1, 0.15) is 17.1 Å². The van der Waals surface area contributed by atoms with Crippen molar-refractivity contribution in [1.29, 1.82) is 5.26 Å². The number of aryl methyl sites for hydroxylation is 1. The SMILES string of the molecule is Cc1ccc(C#N)c(N2CCn3ccnc3C2)n1. The van der Waals surface area contributed by atoms with Crippen molar-refractivity contribution < 1.29 is 0 Å². The van der Waals surface area contributed by atoms with Crippen LogP contribution in [-0.2, 0) is 13.1 Å². The van der Waals surface area contributed by atoms with E-state index in [1.807, 2.05) is 31.5 Å². The molecule has 0 radical (unpaired) electrons. The van der Waals surface area contributed by atoms with E-state index < -0.39 is 0 Å². The van der Waals surface area contributed by atoms with E-state index >= 15 is 0 Å². The quantitative estimate of drug-likeness (QED) is 0.756. The van der Waals surface area contributed by atoms with Crippen molar-refractivity contribution in [2.45, 2.75) is 20.0 Å². The number of pyridine rings is 1. The van der Waals surface area contributed by atoms with Gasteiger partial charge in [0.25, 0.3) is 0 Å². The van der Waals surface area contributed by atoms with Gasteiger partial charge >= 0.3 is 0 Å². The minimum absolute atomic E-state index is 0.626. The van der Waals surface area contributed by atoms with Crippen molar-refractivity contribution in [3.05, 3.63) is 41.6 Å². The van der Waals surface area contributed by atoms with E-state index in [0.717, 1.165) is 30.4 Å². The monoisotopic (exact) mass is 239 g/mol. The highest BCUT2D eigenvalue weighted by Crippen LogP contribution is 2.22. The molecule has 2 aromatic rings. The molecule has 0 saturated carbocycles. The molecule has 5 nitrogen and oxygen atoms in total. The number of aromatic nitrogens is 3. The Labute approximate surface area is 105 Å². The summed E-state index contributed by atoms with van der Waals surface area (Å²) in [5.74, 6) is 1.79. The highest BCUT2D eigenvalue weighted by Gasteiger charge is 2.20. The zero-order chi connectivity index (χ0) is 12.5. The molecule has 1 aliphatic heterocycles. The van der Waals surface area contributed by atoms with E-state index in [9.17, 15) is 0 Å². The Bertz CT molecular complexity index is 623. The molecule has 90 valence electrons. The van der Waals surface area contributed by atoms with E-state index in [1.165, 1.54) is 0 Å². The Morgan fingerprint density at radius 2 is 2.22 bits per heavy atom. The number of rotatable bonds is 1. The lowest BCUT2D eigenvalue weighted by Gasteiger charge is -2.29. The van der Waals surface area contributed by atoms with Gasteiger partial charge in [-0.1, -0.05) is 0 Å². The lowest BCUT2D eigenvalue weighted by atomic mass is 10.2. The molecular weight excluding hydrogens is 226 g/mol. The van der Waals surface area contributed by atoms with Gasteiger partial charge in [0.15, 0.2) is 0 Å². The summed E-state index contributed by atoms with van der Waals surface area (Å²) in [5, 5.41) is 9.16. The second kappa shape index (κ2) is 4.15. The van der Waals surface area contributed by atoms with Crippen molar-refractivity contribution in [2.24, 2.45) is 0 Å². The van der Waals surface area contributed by atoms with Gasteiger partial charge in [-0.05, 0) is 19.1 Å². The molecule has 5 heteroatoms. The maximum absolute atomic E-state index is 9.16. The molecule has 0 aliphatic carbocycles. The van der Waals surface area contributed by atoms with Crippen LogP contribution >= 0.6 is 0 Å². The fourth-order valence-corrected chi connectivity index (χ4v) is 2.23. The highest BCUT2D eigenvalue weighted by molar-refractivity contribution is 5.54. The molecule has 2 aromatic heterocycles. The van der Waals surface area contributed by atoms with Gasteiger partial charge in [0.2, 0.25) is 0 Å². The van der Waals surface area contributed by atoms with Crippen molar-refractivity contribution >= 4 is 5.82 Å². The van der Waals surface area contributed by atoms with Gasteiger partial charge in [0.1, 0.15) is 17.7 Å². The van der Waals surface area contributed by atoms with Gasteiger partial charge in [-0.3, -0.25) is 0 Å². The molecule has 0 unspecified atom stereocenters. The van der Waals surface area contributed by atoms with Gasteiger partial charge in [-0.15, -0.1) is 0 Å². The molecule has 3 rings (SSSR count). The summed E-state index contributed by atoms with van der Waals surface area (Å²) in [6, 6.07) is 5.91. The largest absolute Gasteiger partial charge is 0.346 e. The van der Waals surface area contributed by atoms with Crippen LogP contribution in [0.3, 0.4) is 0 Å². The molecular formula is C13H13N5. The number of nitriles is 1. The van der Waals surface area contributed by atoms with Crippen LogP contribution in [0.15, 0.2) is 24.5 Å². The first kappa shape index (κ1) is 10.8. The first-order valence-electron chi connectivity index (χ1n) is 5.90. The fraction of sp³-hybridized carbons (Fsp3) is 0.308. The molecule has 0 atom stereocenters. The summed E-state index contributed by atoms with van der Waals surface area (Å²) in [5.41, 5.74) is 1.55. The lowest BCUT2D eigenvalue weighted by Crippen LogP contribution is -2.34. The Balaban J connectivity index is 1.98. The van der Waals surface area contributed by atoms with Crippen LogP contribution in [0.4, 0.5) is 5.82 Å². The van der Waals surface area contributed by atoms with Crippen LogP contribution in [0, 0.1) is 18.3 Å². The van der Waals surface area contributed by atoms with E-state index in [4.69, 9.17) is 5.26 Å². The Morgan fingerprint density at radius 3 is 3.06 bits per heavy atom. The van der Waals surface area contributed by atoms with E-state index in [2.05, 4.69) is 25.5 Å². The Hall–Kier alpha value is -2.35. The van der Waals surface area contributed by atoms with Crippen molar-refractivity contribution in [2.75, 3.05) is 11.4 Å². The van der Waals surface area contributed by atoms with Crippen LogP contribution in [0.5, 0.6) is 0 Å². The smallest absolute Gasteiger partial charge is 0.147 e. The van der Waals surface area contributed by atoms with E-state index in [1.54, 1.807) is 0 Å². The number of fused-ring (bicyclic) bond motifs is 1. The number of imidazole rings is 1. The third-order valence-electron chi connectivity index (χ3n) is 3.18. The first-order chi connectivity index (χ1) is 8.78. The Kier molecular flexibility index (Phi) is 2.49. The van der Waals surface area contributed by atoms with Crippen LogP contribution < -0.4 is 4.90 Å². The minimum atomic E-state index is 0.626. The summed E-state index contributed by atoms with van der Waals surface area (Å²) in [6.07, 6.45) is 3.80. The van der Waals surface area contributed by atoms with Crippen LogP contribution in [0.25, 0.3) is 0 Å². The minimum Gasteiger partial charge on any atom is -0.346 e. The second-order valence-corrected chi connectivity index (χ2v) is 4.39. The van der Waals surface area contributed by atoms with Gasteiger partial charge < -0.3 is 9.47 Å². The normalized spacial score (nSPS) is 14.1. The molecule has 0 N–H and O–H groups in total. The summed E-state index contributed by atoms with van der Waals surface area (Å²) in [6.45, 7) is 4.39. The molecule has 3 heterocycles. The van der Waals surface area contributed by atoms with E-state index in [-0.39, 0.29) is 0 Å². The molecule has 18 heavy (non-hydrogen) atoms. The number of hydrogen-bond acceptors (Lipinski definition) is 4. The number of nitrogens with zero attached hydrogens (tertiary/aromatic N) is 5. The van der Waals surface area contributed by atoms with Crippen molar-refractivity contribution in [3.8, 4) is 6.07 Å². The average Bonchev–Trinajstić information content (AvgIpc) is 2.85. The summed E-state index contributed by atoms with van der Waals surface area (Å²) >= 11 is 0. The van der Waals surface area contributed by atoms with Crippen LogP contribution in [-0.4, -0.2) is 21.1 Å². The van der Waals surface area contributed by atoms with Gasteiger partial charge in [0.05, 0.1) is 12.1 Å². The molecule has 0 fully saturated rings. The molecule has 0 amide bonds. The second-order valence-electron chi connectivity index (χ2n) is 4.39. The maximum atomic E-state index is 9.16. The lowest BCUT2D eigenvalue weighted by molar-refractivity contribution is 0.555. The summed E-state index contributed by atoms with van der Waals surface area (Å²) in [7, 11) is 0. The van der Waals surface area contributed by atoms with Gasteiger partial charge in [-0.2, -0.15) is 5.26 Å². The number of hydrogen-bond donors (Lipinski definition) is 0. The van der Waals surface area contributed by atoms with E-state index in [0.29, 0.717) is 12.1 Å². The molecule has 0 aromatic carbocycles. The fourth-order valence-electron chi connectivity index (χ4n) is 2.23. The summed E-state index contributed by atoms with van der Waals surface area (Å²) in [4.78, 5) is 10.9. The maximum Gasteiger partial charge on any atom is 0.147 e.